The van der Waals surface area contributed by atoms with Crippen molar-refractivity contribution in [3.8, 4) is 6.07 Å². The summed E-state index contributed by atoms with van der Waals surface area (Å²) in [7, 11) is -3.45. The highest BCUT2D eigenvalue weighted by atomic mass is 32.2. The first-order valence-corrected chi connectivity index (χ1v) is 6.50. The molecule has 2 rings (SSSR count). The fourth-order valence-corrected chi connectivity index (χ4v) is 3.63. The minimum absolute atomic E-state index is 0.0774. The highest BCUT2D eigenvalue weighted by Gasteiger charge is 2.29. The van der Waals surface area contributed by atoms with Gasteiger partial charge in [0.05, 0.1) is 5.56 Å². The molecule has 1 aliphatic carbocycles. The SMILES string of the molecule is N#Cc1ccsc1S(=O)(=O)NC1CC1. The molecule has 6 heteroatoms. The average molecular weight is 228 g/mol. The Kier molecular flexibility index (Phi) is 2.31. The minimum atomic E-state index is -3.45. The number of thiophene rings is 1. The van der Waals surface area contributed by atoms with Gasteiger partial charge in [0, 0.05) is 6.04 Å². The van der Waals surface area contributed by atoms with Gasteiger partial charge >= 0.3 is 0 Å². The van der Waals surface area contributed by atoms with E-state index in [0.29, 0.717) is 0 Å². The van der Waals surface area contributed by atoms with E-state index in [4.69, 9.17) is 5.26 Å². The van der Waals surface area contributed by atoms with Crippen molar-refractivity contribution < 1.29 is 8.42 Å². The van der Waals surface area contributed by atoms with Gasteiger partial charge in [0.15, 0.2) is 4.21 Å². The number of rotatable bonds is 3. The number of nitrogens with zero attached hydrogens (tertiary/aromatic N) is 1. The van der Waals surface area contributed by atoms with Gasteiger partial charge < -0.3 is 0 Å². The van der Waals surface area contributed by atoms with Gasteiger partial charge in [-0.25, -0.2) is 13.1 Å². The van der Waals surface area contributed by atoms with Crippen molar-refractivity contribution in [1.29, 1.82) is 5.26 Å². The molecule has 0 aromatic carbocycles. The maximum atomic E-state index is 11.7. The van der Waals surface area contributed by atoms with Crippen LogP contribution >= 0.6 is 11.3 Å². The van der Waals surface area contributed by atoms with E-state index in [0.717, 1.165) is 24.2 Å². The van der Waals surface area contributed by atoms with Gasteiger partial charge in [-0.15, -0.1) is 11.3 Å². The second-order valence-electron chi connectivity index (χ2n) is 3.13. The van der Waals surface area contributed by atoms with Crippen LogP contribution in [0.4, 0.5) is 0 Å². The van der Waals surface area contributed by atoms with Crippen LogP contribution in [0.15, 0.2) is 15.7 Å². The van der Waals surface area contributed by atoms with Crippen LogP contribution in [-0.2, 0) is 10.0 Å². The summed E-state index contributed by atoms with van der Waals surface area (Å²) < 4.78 is 26.0. The standard InChI is InChI=1S/C8H8N2O2S2/c9-5-6-3-4-13-8(6)14(11,12)10-7-1-2-7/h3-4,7,10H,1-2H2. The first-order chi connectivity index (χ1) is 6.63. The molecule has 1 N–H and O–H groups in total. The highest BCUT2D eigenvalue weighted by Crippen LogP contribution is 2.26. The van der Waals surface area contributed by atoms with Gasteiger partial charge in [-0.05, 0) is 24.3 Å². The predicted octanol–water partition coefficient (Wildman–Crippen LogP) is 1.06. The molecule has 1 aliphatic rings. The molecule has 1 fully saturated rings. The molecule has 1 saturated carbocycles. The first kappa shape index (κ1) is 9.65. The fraction of sp³-hybridized carbons (Fsp3) is 0.375. The maximum Gasteiger partial charge on any atom is 0.251 e. The van der Waals surface area contributed by atoms with E-state index >= 15 is 0 Å². The Hall–Kier alpha value is -0.900. The lowest BCUT2D eigenvalue weighted by molar-refractivity contribution is 0.583. The van der Waals surface area contributed by atoms with Crippen molar-refractivity contribution in [1.82, 2.24) is 4.72 Å². The number of nitrogens with one attached hydrogen (secondary N) is 1. The van der Waals surface area contributed by atoms with E-state index < -0.39 is 10.0 Å². The summed E-state index contributed by atoms with van der Waals surface area (Å²) in [5, 5.41) is 10.3. The van der Waals surface area contributed by atoms with Crippen molar-refractivity contribution in [2.24, 2.45) is 0 Å². The first-order valence-electron chi connectivity index (χ1n) is 4.13. The van der Waals surface area contributed by atoms with Gasteiger partial charge in [-0.1, -0.05) is 0 Å². The fourth-order valence-electron chi connectivity index (χ4n) is 1.06. The maximum absolute atomic E-state index is 11.7. The summed E-state index contributed by atoms with van der Waals surface area (Å²) in [5.41, 5.74) is 0.225. The number of nitriles is 1. The summed E-state index contributed by atoms with van der Waals surface area (Å²) in [4.78, 5) is 0. The topological polar surface area (TPSA) is 70.0 Å². The largest absolute Gasteiger partial charge is 0.251 e. The van der Waals surface area contributed by atoms with E-state index in [1.165, 1.54) is 6.07 Å². The van der Waals surface area contributed by atoms with Crippen LogP contribution in [0.3, 0.4) is 0 Å². The third kappa shape index (κ3) is 1.80. The van der Waals surface area contributed by atoms with Crippen molar-refractivity contribution in [3.05, 3.63) is 17.0 Å². The van der Waals surface area contributed by atoms with E-state index in [1.807, 2.05) is 6.07 Å². The summed E-state index contributed by atoms with van der Waals surface area (Å²) in [5.74, 6) is 0. The molecular weight excluding hydrogens is 220 g/mol. The van der Waals surface area contributed by atoms with E-state index in [9.17, 15) is 8.42 Å². The van der Waals surface area contributed by atoms with Gasteiger partial charge in [0.1, 0.15) is 6.07 Å². The summed E-state index contributed by atoms with van der Waals surface area (Å²) >= 11 is 1.08. The van der Waals surface area contributed by atoms with Crippen LogP contribution in [0.25, 0.3) is 0 Å². The second kappa shape index (κ2) is 3.35. The van der Waals surface area contributed by atoms with Gasteiger partial charge in [0.25, 0.3) is 10.0 Å². The molecule has 14 heavy (non-hydrogen) atoms. The molecular formula is C8H8N2O2S2. The third-order valence-electron chi connectivity index (χ3n) is 1.89. The van der Waals surface area contributed by atoms with Crippen LogP contribution in [0, 0.1) is 11.3 Å². The summed E-state index contributed by atoms with van der Waals surface area (Å²) in [6, 6.07) is 3.46. The molecule has 0 amide bonds. The Bertz CT molecular complexity index is 480. The zero-order valence-corrected chi connectivity index (χ0v) is 8.86. The molecule has 4 nitrogen and oxygen atoms in total. The zero-order chi connectivity index (χ0) is 10.2. The summed E-state index contributed by atoms with van der Waals surface area (Å²) in [6.45, 7) is 0. The number of hydrogen-bond acceptors (Lipinski definition) is 4. The van der Waals surface area contributed by atoms with E-state index in [-0.39, 0.29) is 15.8 Å². The zero-order valence-electron chi connectivity index (χ0n) is 7.23. The Morgan fingerprint density at radius 3 is 2.86 bits per heavy atom. The van der Waals surface area contributed by atoms with Crippen molar-refractivity contribution >= 4 is 21.4 Å². The highest BCUT2D eigenvalue weighted by molar-refractivity contribution is 7.91. The molecule has 1 aromatic heterocycles. The molecule has 74 valence electrons. The molecule has 1 aromatic rings. The minimum Gasteiger partial charge on any atom is -0.207 e. The van der Waals surface area contributed by atoms with Crippen molar-refractivity contribution in [2.75, 3.05) is 0 Å². The summed E-state index contributed by atoms with van der Waals surface area (Å²) in [6.07, 6.45) is 1.79. The van der Waals surface area contributed by atoms with Crippen LogP contribution < -0.4 is 4.72 Å². The molecule has 0 radical (unpaired) electrons. The average Bonchev–Trinajstić information content (AvgIpc) is 2.80. The molecule has 0 saturated heterocycles. The lowest BCUT2D eigenvalue weighted by Crippen LogP contribution is -2.25. The normalized spacial score (nSPS) is 16.5. The lowest BCUT2D eigenvalue weighted by Gasteiger charge is -2.02. The number of hydrogen-bond donors (Lipinski definition) is 1. The predicted molar refractivity (Wildman–Crippen MR) is 52.4 cm³/mol. The van der Waals surface area contributed by atoms with Gasteiger partial charge in [-0.2, -0.15) is 5.26 Å². The molecule has 0 spiro atoms. The quantitative estimate of drug-likeness (QED) is 0.841. The molecule has 0 bridgehead atoms. The second-order valence-corrected chi connectivity index (χ2v) is 5.95. The molecule has 0 atom stereocenters. The Balaban J connectivity index is 2.33. The lowest BCUT2D eigenvalue weighted by atomic mass is 10.4. The van der Waals surface area contributed by atoms with Crippen LogP contribution in [-0.4, -0.2) is 14.5 Å². The van der Waals surface area contributed by atoms with Gasteiger partial charge in [0.2, 0.25) is 0 Å². The third-order valence-corrected chi connectivity index (χ3v) is 4.90. The Morgan fingerprint density at radius 1 is 1.57 bits per heavy atom. The van der Waals surface area contributed by atoms with Crippen LogP contribution in [0.5, 0.6) is 0 Å². The molecule has 1 heterocycles. The Morgan fingerprint density at radius 2 is 2.29 bits per heavy atom. The monoisotopic (exact) mass is 228 g/mol. The van der Waals surface area contributed by atoms with Crippen molar-refractivity contribution in [3.63, 3.8) is 0 Å². The molecule has 0 unspecified atom stereocenters. The van der Waals surface area contributed by atoms with Crippen molar-refractivity contribution in [2.45, 2.75) is 23.1 Å². The van der Waals surface area contributed by atoms with Gasteiger partial charge in [-0.3, -0.25) is 0 Å². The van der Waals surface area contributed by atoms with Crippen LogP contribution in [0.1, 0.15) is 18.4 Å². The van der Waals surface area contributed by atoms with Crippen LogP contribution in [0.2, 0.25) is 0 Å². The van der Waals surface area contributed by atoms with E-state index in [2.05, 4.69) is 4.72 Å². The van der Waals surface area contributed by atoms with E-state index in [1.54, 1.807) is 5.38 Å². The Labute approximate surface area is 86.2 Å². The smallest absolute Gasteiger partial charge is 0.207 e. The number of sulfonamides is 1. The molecule has 0 aliphatic heterocycles.